The Labute approximate surface area is 205 Å². The van der Waals surface area contributed by atoms with E-state index in [4.69, 9.17) is 14.5 Å². The van der Waals surface area contributed by atoms with Crippen molar-refractivity contribution in [2.75, 3.05) is 37.6 Å². The van der Waals surface area contributed by atoms with Crippen LogP contribution in [0.1, 0.15) is 27.7 Å². The van der Waals surface area contributed by atoms with Gasteiger partial charge >= 0.3 is 6.09 Å². The molecule has 0 aliphatic rings. The summed E-state index contributed by atoms with van der Waals surface area (Å²) in [7, 11) is 3.53. The van der Waals surface area contributed by atoms with E-state index in [-0.39, 0.29) is 18.4 Å². The number of rotatable bonds is 8. The minimum atomic E-state index is -0.660. The zero-order valence-corrected chi connectivity index (χ0v) is 21.0. The first-order valence-corrected chi connectivity index (χ1v) is 11.3. The third-order valence-corrected chi connectivity index (χ3v) is 5.00. The molecule has 0 aliphatic heterocycles. The number of alkyl carbamates (subject to hydrolysis) is 1. The number of nitrogens with one attached hydrogen (secondary N) is 2. The number of hydrazine groups is 1. The van der Waals surface area contributed by atoms with Gasteiger partial charge in [0.1, 0.15) is 23.7 Å². The van der Waals surface area contributed by atoms with E-state index in [1.807, 2.05) is 67.4 Å². The van der Waals surface area contributed by atoms with E-state index in [0.29, 0.717) is 12.4 Å². The van der Waals surface area contributed by atoms with Gasteiger partial charge in [0.25, 0.3) is 5.91 Å². The second-order valence-electron chi connectivity index (χ2n) is 8.75. The summed E-state index contributed by atoms with van der Waals surface area (Å²) in [5.41, 5.74) is 3.95. The third kappa shape index (κ3) is 6.72. The van der Waals surface area contributed by atoms with E-state index in [1.54, 1.807) is 27.9 Å². The van der Waals surface area contributed by atoms with Crippen molar-refractivity contribution in [3.63, 3.8) is 0 Å². The molecule has 0 atom stereocenters. The summed E-state index contributed by atoms with van der Waals surface area (Å²) in [6, 6.07) is 15.3. The number of likely N-dealkylation sites (N-methyl/N-ethyl adjacent to an activating group) is 1. The van der Waals surface area contributed by atoms with E-state index in [1.165, 1.54) is 5.01 Å². The van der Waals surface area contributed by atoms with Gasteiger partial charge in [-0.25, -0.2) is 9.78 Å². The van der Waals surface area contributed by atoms with Gasteiger partial charge < -0.3 is 19.7 Å². The highest BCUT2D eigenvalue weighted by atomic mass is 16.6. The number of hydrogen-bond donors (Lipinski definition) is 2. The molecule has 2 N–H and O–H groups in total. The molecule has 2 aromatic carbocycles. The average molecular weight is 481 g/mol. The smallest absolute Gasteiger partial charge is 0.408 e. The van der Waals surface area contributed by atoms with Crippen LogP contribution in [0, 0.1) is 0 Å². The molecule has 0 saturated heterocycles. The van der Waals surface area contributed by atoms with Crippen molar-refractivity contribution < 1.29 is 19.1 Å². The lowest BCUT2D eigenvalue weighted by Crippen LogP contribution is -2.44. The Kier molecular flexibility index (Phi) is 7.95. The highest BCUT2D eigenvalue weighted by Gasteiger charge is 2.20. The number of anilines is 3. The van der Waals surface area contributed by atoms with Crippen LogP contribution < -0.4 is 20.4 Å². The van der Waals surface area contributed by atoms with Gasteiger partial charge in [-0.3, -0.25) is 15.2 Å². The largest absolute Gasteiger partial charge is 0.497 e. The first kappa shape index (κ1) is 25.5. The number of benzene rings is 2. The van der Waals surface area contributed by atoms with Crippen molar-refractivity contribution >= 4 is 40.4 Å². The number of nitrogens with zero attached hydrogens (tertiary/aromatic N) is 4. The number of carbonyl (C=O) groups is 2. The molecule has 186 valence electrons. The maximum atomic E-state index is 12.7. The summed E-state index contributed by atoms with van der Waals surface area (Å²) >= 11 is 0. The second kappa shape index (κ2) is 10.9. The van der Waals surface area contributed by atoms with Crippen molar-refractivity contribution in [1.29, 1.82) is 0 Å². The summed E-state index contributed by atoms with van der Waals surface area (Å²) in [6.07, 6.45) is -0.660. The number of methoxy groups -OCH3 is 1. The van der Waals surface area contributed by atoms with Crippen molar-refractivity contribution in [3.05, 3.63) is 48.5 Å². The number of carbonyl (C=O) groups excluding carboxylic acids is 2. The third-order valence-electron chi connectivity index (χ3n) is 5.00. The van der Waals surface area contributed by atoms with Crippen LogP contribution in [-0.2, 0) is 9.53 Å². The highest BCUT2D eigenvalue weighted by Crippen LogP contribution is 2.30. The Morgan fingerprint density at radius 1 is 1.03 bits per heavy atom. The Bertz CT molecular complexity index is 1180. The van der Waals surface area contributed by atoms with Gasteiger partial charge in [0.2, 0.25) is 5.95 Å². The SMILES string of the molecule is CCN(Nc1nc(N(C)c2ccc(OC)cc2)c2ccccc2n1)C(=O)CNC(=O)OC(C)(C)C. The molecule has 1 heterocycles. The van der Waals surface area contributed by atoms with Crippen molar-refractivity contribution in [3.8, 4) is 5.75 Å². The van der Waals surface area contributed by atoms with E-state index in [2.05, 4.69) is 15.7 Å². The number of hydrogen-bond acceptors (Lipinski definition) is 8. The lowest BCUT2D eigenvalue weighted by atomic mass is 10.2. The summed E-state index contributed by atoms with van der Waals surface area (Å²) in [5.74, 6) is 1.32. The normalized spacial score (nSPS) is 11.0. The van der Waals surface area contributed by atoms with Gasteiger partial charge in [-0.05, 0) is 64.1 Å². The van der Waals surface area contributed by atoms with Crippen molar-refractivity contribution in [2.24, 2.45) is 0 Å². The molecule has 0 radical (unpaired) electrons. The maximum absolute atomic E-state index is 12.7. The first-order chi connectivity index (χ1) is 16.6. The molecule has 0 aliphatic carbocycles. The van der Waals surface area contributed by atoms with Crippen LogP contribution in [0.3, 0.4) is 0 Å². The highest BCUT2D eigenvalue weighted by molar-refractivity contribution is 5.92. The molecule has 1 aromatic heterocycles. The molecule has 2 amide bonds. The van der Waals surface area contributed by atoms with Crippen LogP contribution in [0.5, 0.6) is 5.75 Å². The van der Waals surface area contributed by atoms with Crippen molar-refractivity contribution in [2.45, 2.75) is 33.3 Å². The van der Waals surface area contributed by atoms with Crippen LogP contribution in [0.25, 0.3) is 10.9 Å². The van der Waals surface area contributed by atoms with Gasteiger partial charge in [-0.15, -0.1) is 0 Å². The van der Waals surface area contributed by atoms with Crippen LogP contribution in [0.4, 0.5) is 22.2 Å². The molecule has 10 nitrogen and oxygen atoms in total. The monoisotopic (exact) mass is 480 g/mol. The predicted octanol–water partition coefficient (Wildman–Crippen LogP) is 4.11. The number of ether oxygens (including phenoxy) is 2. The quantitative estimate of drug-likeness (QED) is 0.464. The van der Waals surface area contributed by atoms with E-state index in [9.17, 15) is 9.59 Å². The first-order valence-electron chi connectivity index (χ1n) is 11.3. The molecule has 0 bridgehead atoms. The minimum absolute atomic E-state index is 0.234. The Hall–Kier alpha value is -4.08. The fraction of sp³-hybridized carbons (Fsp3) is 0.360. The zero-order valence-electron chi connectivity index (χ0n) is 21.0. The summed E-state index contributed by atoms with van der Waals surface area (Å²) < 4.78 is 10.4. The Balaban J connectivity index is 1.82. The van der Waals surface area contributed by atoms with Crippen LogP contribution in [0.2, 0.25) is 0 Å². The second-order valence-corrected chi connectivity index (χ2v) is 8.75. The Morgan fingerprint density at radius 3 is 2.34 bits per heavy atom. The minimum Gasteiger partial charge on any atom is -0.497 e. The number of amides is 2. The number of para-hydroxylation sites is 1. The van der Waals surface area contributed by atoms with Gasteiger partial charge in [-0.2, -0.15) is 4.98 Å². The van der Waals surface area contributed by atoms with Crippen molar-refractivity contribution in [1.82, 2.24) is 20.3 Å². The van der Waals surface area contributed by atoms with E-state index in [0.717, 1.165) is 22.3 Å². The van der Waals surface area contributed by atoms with Gasteiger partial charge in [-0.1, -0.05) is 12.1 Å². The summed E-state index contributed by atoms with van der Waals surface area (Å²) in [4.78, 5) is 35.9. The molecule has 0 saturated carbocycles. The fourth-order valence-corrected chi connectivity index (χ4v) is 3.29. The van der Waals surface area contributed by atoms with Gasteiger partial charge in [0.05, 0.1) is 12.6 Å². The molecule has 3 aromatic rings. The molecule has 10 heteroatoms. The van der Waals surface area contributed by atoms with Gasteiger partial charge in [0.15, 0.2) is 0 Å². The molecule has 35 heavy (non-hydrogen) atoms. The standard InChI is InChI=1S/C25H32N6O4/c1-7-31(21(32)16-26-24(33)35-25(2,3)4)29-23-27-20-11-9-8-10-19(20)22(28-23)30(5)17-12-14-18(34-6)15-13-17/h8-15H,7,16H2,1-6H3,(H,26,33)(H,27,28,29). The van der Waals surface area contributed by atoms with E-state index < -0.39 is 11.7 Å². The molecule has 0 unspecified atom stereocenters. The van der Waals surface area contributed by atoms with Crippen LogP contribution in [-0.4, -0.2) is 59.8 Å². The molecule has 0 spiro atoms. The topological polar surface area (TPSA) is 109 Å². The lowest BCUT2D eigenvalue weighted by molar-refractivity contribution is -0.128. The maximum Gasteiger partial charge on any atom is 0.408 e. The van der Waals surface area contributed by atoms with E-state index >= 15 is 0 Å². The molecule has 3 rings (SSSR count). The zero-order chi connectivity index (χ0) is 25.6. The summed E-state index contributed by atoms with van der Waals surface area (Å²) in [6.45, 7) is 7.17. The summed E-state index contributed by atoms with van der Waals surface area (Å²) in [5, 5.41) is 4.68. The average Bonchev–Trinajstić information content (AvgIpc) is 2.84. The lowest BCUT2D eigenvalue weighted by Gasteiger charge is -2.25. The molecular weight excluding hydrogens is 448 g/mol. The molecular formula is C25H32N6O4. The number of fused-ring (bicyclic) bond motifs is 1. The van der Waals surface area contributed by atoms with Gasteiger partial charge in [0, 0.05) is 24.7 Å². The molecule has 0 fully saturated rings. The van der Waals surface area contributed by atoms with Crippen LogP contribution in [0.15, 0.2) is 48.5 Å². The Morgan fingerprint density at radius 2 is 1.71 bits per heavy atom. The predicted molar refractivity (Wildman–Crippen MR) is 136 cm³/mol. The number of aromatic nitrogens is 2. The van der Waals surface area contributed by atoms with Crippen LogP contribution >= 0.6 is 0 Å². The fourth-order valence-electron chi connectivity index (χ4n) is 3.29.